The molecule has 2 aromatic rings. The van der Waals surface area contributed by atoms with Gasteiger partial charge in [0.05, 0.1) is 0 Å². The van der Waals surface area contributed by atoms with Crippen molar-refractivity contribution in [3.8, 4) is 11.1 Å². The molecule has 0 heterocycles. The van der Waals surface area contributed by atoms with Crippen molar-refractivity contribution < 1.29 is 14.0 Å². The quantitative estimate of drug-likeness (QED) is 0.841. The molecule has 90 valence electrons. The van der Waals surface area contributed by atoms with E-state index in [1.165, 1.54) is 30.3 Å². The van der Waals surface area contributed by atoms with Crippen molar-refractivity contribution in [2.75, 3.05) is 0 Å². The summed E-state index contributed by atoms with van der Waals surface area (Å²) >= 11 is 0. The molecule has 3 nitrogen and oxygen atoms in total. The predicted molar refractivity (Wildman–Crippen MR) is 65.7 cm³/mol. The zero-order valence-electron chi connectivity index (χ0n) is 9.39. The summed E-state index contributed by atoms with van der Waals surface area (Å²) in [7, 11) is 0. The Morgan fingerprint density at radius 3 is 2.33 bits per heavy atom. The second kappa shape index (κ2) is 4.79. The van der Waals surface area contributed by atoms with Crippen molar-refractivity contribution in [1.29, 1.82) is 0 Å². The molecule has 0 fully saturated rings. The van der Waals surface area contributed by atoms with E-state index in [0.717, 1.165) is 0 Å². The van der Waals surface area contributed by atoms with Gasteiger partial charge in [0, 0.05) is 11.1 Å². The highest BCUT2D eigenvalue weighted by Crippen LogP contribution is 2.24. The zero-order chi connectivity index (χ0) is 13.1. The van der Waals surface area contributed by atoms with Gasteiger partial charge in [0.25, 0.3) is 0 Å². The SMILES string of the molecule is NC(=O)c1ccc(C=O)c(-c2ccc(F)cc2)c1. The van der Waals surface area contributed by atoms with Gasteiger partial charge >= 0.3 is 0 Å². The Bertz CT molecular complexity index is 606. The first-order valence-corrected chi connectivity index (χ1v) is 5.27. The molecule has 0 aromatic heterocycles. The number of carbonyl (C=O) groups excluding carboxylic acids is 2. The number of hydrogen-bond acceptors (Lipinski definition) is 2. The van der Waals surface area contributed by atoms with Crippen LogP contribution < -0.4 is 5.73 Å². The van der Waals surface area contributed by atoms with Crippen LogP contribution in [-0.4, -0.2) is 12.2 Å². The highest BCUT2D eigenvalue weighted by molar-refractivity contribution is 5.97. The monoisotopic (exact) mass is 243 g/mol. The first-order valence-electron chi connectivity index (χ1n) is 5.27. The van der Waals surface area contributed by atoms with Crippen LogP contribution in [-0.2, 0) is 0 Å². The second-order valence-corrected chi connectivity index (χ2v) is 3.79. The van der Waals surface area contributed by atoms with E-state index in [2.05, 4.69) is 0 Å². The van der Waals surface area contributed by atoms with Crippen molar-refractivity contribution >= 4 is 12.2 Å². The summed E-state index contributed by atoms with van der Waals surface area (Å²) in [4.78, 5) is 22.1. The molecule has 0 aliphatic heterocycles. The van der Waals surface area contributed by atoms with E-state index in [-0.39, 0.29) is 5.82 Å². The molecule has 0 saturated carbocycles. The standard InChI is InChI=1S/C14H10FNO2/c15-12-5-3-9(4-6-12)13-7-10(14(16)18)1-2-11(13)8-17/h1-8H,(H2,16,18). The molecule has 0 bridgehead atoms. The Labute approximate surface area is 103 Å². The van der Waals surface area contributed by atoms with Gasteiger partial charge in [-0.1, -0.05) is 18.2 Å². The molecule has 18 heavy (non-hydrogen) atoms. The largest absolute Gasteiger partial charge is 0.366 e. The molecular weight excluding hydrogens is 233 g/mol. The summed E-state index contributed by atoms with van der Waals surface area (Å²) in [5, 5.41) is 0. The summed E-state index contributed by atoms with van der Waals surface area (Å²) in [6.45, 7) is 0. The lowest BCUT2D eigenvalue weighted by atomic mass is 9.97. The minimum absolute atomic E-state index is 0.305. The number of hydrogen-bond donors (Lipinski definition) is 1. The maximum atomic E-state index is 12.8. The third-order valence-corrected chi connectivity index (χ3v) is 2.62. The first-order chi connectivity index (χ1) is 8.61. The third-order valence-electron chi connectivity index (χ3n) is 2.62. The third kappa shape index (κ3) is 2.27. The fourth-order valence-corrected chi connectivity index (χ4v) is 1.69. The summed E-state index contributed by atoms with van der Waals surface area (Å²) in [6, 6.07) is 10.2. The maximum absolute atomic E-state index is 12.8. The van der Waals surface area contributed by atoms with Gasteiger partial charge < -0.3 is 5.73 Å². The second-order valence-electron chi connectivity index (χ2n) is 3.79. The molecule has 2 aromatic carbocycles. The first kappa shape index (κ1) is 12.0. The molecule has 0 aliphatic carbocycles. The van der Waals surface area contributed by atoms with E-state index in [4.69, 9.17) is 5.73 Å². The summed E-state index contributed by atoms with van der Waals surface area (Å²) in [5.74, 6) is -0.937. The normalized spacial score (nSPS) is 10.1. The average Bonchev–Trinajstić information content (AvgIpc) is 2.39. The summed E-state index contributed by atoms with van der Waals surface area (Å²) < 4.78 is 12.8. The fraction of sp³-hybridized carbons (Fsp3) is 0. The van der Waals surface area contributed by atoms with Crippen LogP contribution in [0.1, 0.15) is 20.7 Å². The van der Waals surface area contributed by atoms with Crippen molar-refractivity contribution in [2.45, 2.75) is 0 Å². The van der Waals surface area contributed by atoms with Gasteiger partial charge in [0.15, 0.2) is 6.29 Å². The number of rotatable bonds is 3. The van der Waals surface area contributed by atoms with Crippen LogP contribution in [0.15, 0.2) is 42.5 Å². The van der Waals surface area contributed by atoms with E-state index in [0.29, 0.717) is 28.5 Å². The lowest BCUT2D eigenvalue weighted by molar-refractivity contribution is 0.0999. The Morgan fingerprint density at radius 2 is 1.78 bits per heavy atom. The van der Waals surface area contributed by atoms with Gasteiger partial charge in [0.2, 0.25) is 5.91 Å². The average molecular weight is 243 g/mol. The maximum Gasteiger partial charge on any atom is 0.248 e. The van der Waals surface area contributed by atoms with Crippen molar-refractivity contribution in [3.63, 3.8) is 0 Å². The van der Waals surface area contributed by atoms with Gasteiger partial charge in [-0.25, -0.2) is 4.39 Å². The number of halogens is 1. The van der Waals surface area contributed by atoms with Crippen LogP contribution in [0.5, 0.6) is 0 Å². The minimum atomic E-state index is -0.573. The van der Waals surface area contributed by atoms with Crippen LogP contribution in [0, 0.1) is 5.82 Å². The van der Waals surface area contributed by atoms with Gasteiger partial charge in [-0.15, -0.1) is 0 Å². The predicted octanol–water partition coefficient (Wildman–Crippen LogP) is 2.40. The van der Waals surface area contributed by atoms with Crippen LogP contribution in [0.4, 0.5) is 4.39 Å². The molecule has 2 rings (SSSR count). The van der Waals surface area contributed by atoms with Gasteiger partial charge in [-0.3, -0.25) is 9.59 Å². The minimum Gasteiger partial charge on any atom is -0.366 e. The van der Waals surface area contributed by atoms with Crippen molar-refractivity contribution in [3.05, 3.63) is 59.4 Å². The molecule has 2 N–H and O–H groups in total. The van der Waals surface area contributed by atoms with Crippen LogP contribution >= 0.6 is 0 Å². The van der Waals surface area contributed by atoms with Crippen LogP contribution in [0.25, 0.3) is 11.1 Å². The molecular formula is C14H10FNO2. The van der Waals surface area contributed by atoms with Crippen LogP contribution in [0.2, 0.25) is 0 Å². The number of benzene rings is 2. The summed E-state index contributed by atoms with van der Waals surface area (Å²) in [5.41, 5.74) is 7.13. The van der Waals surface area contributed by atoms with Crippen molar-refractivity contribution in [2.24, 2.45) is 5.73 Å². The van der Waals surface area contributed by atoms with Crippen LogP contribution in [0.3, 0.4) is 0 Å². The number of amides is 1. The Hall–Kier alpha value is -2.49. The molecule has 0 aliphatic rings. The number of carbonyl (C=O) groups is 2. The van der Waals surface area contributed by atoms with Crippen molar-refractivity contribution in [1.82, 2.24) is 0 Å². The van der Waals surface area contributed by atoms with Gasteiger partial charge in [0.1, 0.15) is 5.82 Å². The molecule has 0 unspecified atom stereocenters. The molecule has 1 amide bonds. The lowest BCUT2D eigenvalue weighted by Crippen LogP contribution is -2.11. The number of primary amides is 1. The molecule has 0 saturated heterocycles. The lowest BCUT2D eigenvalue weighted by Gasteiger charge is -2.06. The Kier molecular flexibility index (Phi) is 3.19. The topological polar surface area (TPSA) is 60.2 Å². The smallest absolute Gasteiger partial charge is 0.248 e. The molecule has 0 spiro atoms. The van der Waals surface area contributed by atoms with E-state index < -0.39 is 5.91 Å². The number of nitrogens with two attached hydrogens (primary N) is 1. The zero-order valence-corrected chi connectivity index (χ0v) is 9.39. The van der Waals surface area contributed by atoms with Gasteiger partial charge in [-0.05, 0) is 35.4 Å². The highest BCUT2D eigenvalue weighted by Gasteiger charge is 2.08. The molecule has 0 radical (unpaired) electrons. The molecule has 0 atom stereocenters. The van der Waals surface area contributed by atoms with E-state index in [1.807, 2.05) is 0 Å². The Balaban J connectivity index is 2.60. The van der Waals surface area contributed by atoms with Gasteiger partial charge in [-0.2, -0.15) is 0 Å². The van der Waals surface area contributed by atoms with E-state index >= 15 is 0 Å². The Morgan fingerprint density at radius 1 is 1.11 bits per heavy atom. The fourth-order valence-electron chi connectivity index (χ4n) is 1.69. The highest BCUT2D eigenvalue weighted by atomic mass is 19.1. The summed E-state index contributed by atoms with van der Waals surface area (Å²) in [6.07, 6.45) is 0.684. The molecule has 4 heteroatoms. The number of aldehydes is 1. The van der Waals surface area contributed by atoms with E-state index in [1.54, 1.807) is 12.1 Å². The van der Waals surface area contributed by atoms with E-state index in [9.17, 15) is 14.0 Å².